The van der Waals surface area contributed by atoms with Crippen molar-refractivity contribution >= 4 is 27.4 Å². The molecule has 1 saturated carbocycles. The largest absolute Gasteiger partial charge is 0.506 e. The summed E-state index contributed by atoms with van der Waals surface area (Å²) in [5.41, 5.74) is 0.456. The maximum Gasteiger partial charge on any atom is 0.326 e. The zero-order valence-electron chi connectivity index (χ0n) is 14.0. The van der Waals surface area contributed by atoms with E-state index in [2.05, 4.69) is 5.32 Å². The highest BCUT2D eigenvalue weighted by atomic mass is 32.2. The molecule has 0 bridgehead atoms. The van der Waals surface area contributed by atoms with Crippen molar-refractivity contribution in [3.63, 3.8) is 0 Å². The van der Waals surface area contributed by atoms with Crippen LogP contribution in [0.3, 0.4) is 0 Å². The Bertz CT molecular complexity index is 896. The molecule has 9 heteroatoms. The van der Waals surface area contributed by atoms with Gasteiger partial charge in [-0.2, -0.15) is 8.42 Å². The second-order valence-electron chi connectivity index (χ2n) is 7.03. The summed E-state index contributed by atoms with van der Waals surface area (Å²) >= 11 is 0. The molecule has 1 aromatic carbocycles. The van der Waals surface area contributed by atoms with Crippen LogP contribution in [0.4, 0.5) is 10.1 Å². The summed E-state index contributed by atoms with van der Waals surface area (Å²) in [4.78, 5) is 11.4. The van der Waals surface area contributed by atoms with Crippen molar-refractivity contribution in [2.45, 2.75) is 31.7 Å². The standard InChI is InChI=1S/C17H20FN3O4S/c18-16-13(11-7-12(19-8-11)4-3-10-1-2-10)5-6-14(22)17(16)21-9-15(23)20-26(21,24)25/h5-7,10,12,19,22H,1-4,8-9H2,(H,20,23)/t12-/m0/s1. The van der Waals surface area contributed by atoms with E-state index in [1.165, 1.54) is 25.0 Å². The van der Waals surface area contributed by atoms with E-state index < -0.39 is 39.9 Å². The Hall–Kier alpha value is -2.13. The predicted octanol–water partition coefficient (Wildman–Crippen LogP) is 1.26. The third-order valence-corrected chi connectivity index (χ3v) is 6.43. The Morgan fingerprint density at radius 2 is 2.04 bits per heavy atom. The number of halogens is 1. The Kier molecular flexibility index (Phi) is 4.15. The lowest BCUT2D eigenvalue weighted by molar-refractivity contribution is -0.117. The fourth-order valence-electron chi connectivity index (χ4n) is 3.48. The number of phenolic OH excluding ortho intramolecular Hbond substituents is 1. The van der Waals surface area contributed by atoms with Gasteiger partial charge in [-0.05, 0) is 36.5 Å². The molecule has 2 heterocycles. The lowest BCUT2D eigenvalue weighted by Gasteiger charge is -2.18. The summed E-state index contributed by atoms with van der Waals surface area (Å²) in [6.45, 7) is -0.0853. The SMILES string of the molecule is O=C1CN(c2c(O)ccc(C3=C[C@H](CCC4CC4)NC3)c2F)S(=O)(=O)N1. The summed E-state index contributed by atoms with van der Waals surface area (Å²) in [5.74, 6) is -1.32. The molecule has 2 aliphatic heterocycles. The molecule has 1 aliphatic carbocycles. The summed E-state index contributed by atoms with van der Waals surface area (Å²) < 4.78 is 41.4. The molecule has 7 nitrogen and oxygen atoms in total. The first kappa shape index (κ1) is 17.3. The van der Waals surface area contributed by atoms with Crippen LogP contribution in [-0.4, -0.2) is 38.6 Å². The first-order valence-corrected chi connectivity index (χ1v) is 10.1. The molecule has 0 unspecified atom stereocenters. The molecule has 0 aromatic heterocycles. The van der Waals surface area contributed by atoms with Crippen LogP contribution in [0.2, 0.25) is 0 Å². The minimum absolute atomic E-state index is 0.168. The van der Waals surface area contributed by atoms with Crippen LogP contribution in [0.5, 0.6) is 5.75 Å². The molecule has 1 saturated heterocycles. The number of amides is 1. The molecule has 0 radical (unpaired) electrons. The van der Waals surface area contributed by atoms with Gasteiger partial charge in [0.15, 0.2) is 5.82 Å². The number of nitrogens with one attached hydrogen (secondary N) is 2. The molecule has 26 heavy (non-hydrogen) atoms. The number of carbonyl (C=O) groups excluding carboxylic acids is 1. The smallest absolute Gasteiger partial charge is 0.326 e. The number of nitrogens with zero attached hydrogens (tertiary/aromatic N) is 1. The second kappa shape index (κ2) is 6.24. The van der Waals surface area contributed by atoms with Gasteiger partial charge in [-0.3, -0.25) is 4.79 Å². The first-order valence-electron chi connectivity index (χ1n) is 8.64. The van der Waals surface area contributed by atoms with E-state index >= 15 is 4.39 Å². The minimum Gasteiger partial charge on any atom is -0.506 e. The van der Waals surface area contributed by atoms with Gasteiger partial charge in [-0.15, -0.1) is 0 Å². The van der Waals surface area contributed by atoms with E-state index in [0.717, 1.165) is 24.3 Å². The zero-order valence-corrected chi connectivity index (χ0v) is 14.9. The zero-order chi connectivity index (χ0) is 18.5. The van der Waals surface area contributed by atoms with Crippen molar-refractivity contribution in [2.24, 2.45) is 5.92 Å². The number of rotatable bonds is 5. The Labute approximate surface area is 151 Å². The molecule has 140 valence electrons. The lowest BCUT2D eigenvalue weighted by atomic mass is 10.0. The van der Waals surface area contributed by atoms with Crippen LogP contribution in [0.25, 0.3) is 5.57 Å². The number of phenols is 1. The number of hydrogen-bond acceptors (Lipinski definition) is 5. The van der Waals surface area contributed by atoms with Crippen LogP contribution in [0.1, 0.15) is 31.2 Å². The number of aromatic hydroxyl groups is 1. The lowest BCUT2D eigenvalue weighted by Crippen LogP contribution is -2.30. The van der Waals surface area contributed by atoms with Crippen molar-refractivity contribution in [3.05, 3.63) is 29.6 Å². The highest BCUT2D eigenvalue weighted by Gasteiger charge is 2.38. The van der Waals surface area contributed by atoms with Gasteiger partial charge in [0.2, 0.25) is 0 Å². The van der Waals surface area contributed by atoms with E-state index in [4.69, 9.17) is 0 Å². The van der Waals surface area contributed by atoms with E-state index in [-0.39, 0.29) is 11.6 Å². The quantitative estimate of drug-likeness (QED) is 0.713. The van der Waals surface area contributed by atoms with Crippen LogP contribution >= 0.6 is 0 Å². The van der Waals surface area contributed by atoms with Gasteiger partial charge < -0.3 is 10.4 Å². The number of anilines is 1. The van der Waals surface area contributed by atoms with Crippen LogP contribution in [-0.2, 0) is 15.0 Å². The van der Waals surface area contributed by atoms with E-state index in [9.17, 15) is 18.3 Å². The van der Waals surface area contributed by atoms with Gasteiger partial charge in [-0.25, -0.2) is 13.4 Å². The van der Waals surface area contributed by atoms with Gasteiger partial charge in [0.1, 0.15) is 18.0 Å². The third kappa shape index (κ3) is 3.16. The number of hydrogen-bond donors (Lipinski definition) is 3. The number of carbonyl (C=O) groups is 1. The Morgan fingerprint density at radius 1 is 1.27 bits per heavy atom. The molecule has 3 N–H and O–H groups in total. The van der Waals surface area contributed by atoms with E-state index in [0.29, 0.717) is 10.8 Å². The Balaban J connectivity index is 1.64. The van der Waals surface area contributed by atoms with Crippen LogP contribution in [0.15, 0.2) is 18.2 Å². The third-order valence-electron chi connectivity index (χ3n) is 5.05. The molecule has 2 fully saturated rings. The summed E-state index contributed by atoms with van der Waals surface area (Å²) in [7, 11) is -4.20. The summed E-state index contributed by atoms with van der Waals surface area (Å²) in [6.07, 6.45) is 6.67. The molecule has 1 aromatic rings. The van der Waals surface area contributed by atoms with Crippen molar-refractivity contribution in [2.75, 3.05) is 17.4 Å². The maximum atomic E-state index is 15.1. The molecule has 4 rings (SSSR count). The molecule has 1 atom stereocenters. The van der Waals surface area contributed by atoms with Crippen molar-refractivity contribution in [1.29, 1.82) is 0 Å². The monoisotopic (exact) mass is 381 g/mol. The van der Waals surface area contributed by atoms with Gasteiger partial charge in [0.25, 0.3) is 5.91 Å². The fraction of sp³-hybridized carbons (Fsp3) is 0.471. The van der Waals surface area contributed by atoms with Gasteiger partial charge >= 0.3 is 10.2 Å². The Morgan fingerprint density at radius 3 is 2.69 bits per heavy atom. The summed E-state index contributed by atoms with van der Waals surface area (Å²) in [6, 6.07) is 2.86. The van der Waals surface area contributed by atoms with Gasteiger partial charge in [0, 0.05) is 18.2 Å². The highest BCUT2D eigenvalue weighted by Crippen LogP contribution is 2.38. The molecule has 0 spiro atoms. The van der Waals surface area contributed by atoms with Crippen LogP contribution in [0, 0.1) is 11.7 Å². The maximum absolute atomic E-state index is 15.1. The van der Waals surface area contributed by atoms with Crippen molar-refractivity contribution in [1.82, 2.24) is 10.0 Å². The average molecular weight is 381 g/mol. The van der Waals surface area contributed by atoms with Gasteiger partial charge in [0.05, 0.1) is 0 Å². The minimum atomic E-state index is -4.20. The molecule has 1 amide bonds. The first-order chi connectivity index (χ1) is 12.3. The predicted molar refractivity (Wildman–Crippen MR) is 94.2 cm³/mol. The summed E-state index contributed by atoms with van der Waals surface area (Å²) in [5, 5.41) is 13.3. The normalized spacial score (nSPS) is 24.7. The van der Waals surface area contributed by atoms with Crippen molar-refractivity contribution in [3.8, 4) is 5.75 Å². The fourth-order valence-corrected chi connectivity index (χ4v) is 4.64. The average Bonchev–Trinajstić information content (AvgIpc) is 3.21. The van der Waals surface area contributed by atoms with Crippen molar-refractivity contribution < 1.29 is 22.7 Å². The van der Waals surface area contributed by atoms with Crippen LogP contribution < -0.4 is 14.3 Å². The molecule has 3 aliphatic rings. The molecular formula is C17H20FN3O4S. The topological polar surface area (TPSA) is 98.7 Å². The van der Waals surface area contributed by atoms with E-state index in [1.807, 2.05) is 6.08 Å². The van der Waals surface area contributed by atoms with Gasteiger partial charge in [-0.1, -0.05) is 18.9 Å². The number of benzene rings is 1. The highest BCUT2D eigenvalue weighted by molar-refractivity contribution is 7.92. The van der Waals surface area contributed by atoms with E-state index in [1.54, 1.807) is 4.72 Å². The molecular weight excluding hydrogens is 361 g/mol. The second-order valence-corrected chi connectivity index (χ2v) is 8.63.